The van der Waals surface area contributed by atoms with E-state index in [1.165, 1.54) is 0 Å². The summed E-state index contributed by atoms with van der Waals surface area (Å²) in [5, 5.41) is 60.8. The van der Waals surface area contributed by atoms with Gasteiger partial charge < -0.3 is 40.1 Å². The summed E-state index contributed by atoms with van der Waals surface area (Å²) in [6.07, 6.45) is -4.76. The number of hydrogen-bond acceptors (Lipinski definition) is 8. The molecule has 0 spiro atoms. The molecule has 186 valence electrons. The zero-order valence-corrected chi connectivity index (χ0v) is 18.6. The van der Waals surface area contributed by atoms with Gasteiger partial charge in [0, 0.05) is 6.42 Å². The number of hydrogen-bond donors (Lipinski definition) is 6. The van der Waals surface area contributed by atoms with Crippen molar-refractivity contribution in [3.63, 3.8) is 0 Å². The minimum Gasteiger partial charge on any atom is -0.479 e. The Morgan fingerprint density at radius 2 is 1.68 bits per heavy atom. The van der Waals surface area contributed by atoms with Crippen LogP contribution in [0.5, 0.6) is 0 Å². The van der Waals surface area contributed by atoms with E-state index in [9.17, 15) is 45.0 Å². The SMILES string of the molecule is C/C(=C\[C@H](C)Cc1ccccc1)CC[C@]12O[C@H](C(=O)O)[C@@](O)(C(=O)O)[C@](C(=O)O)(O1)[C@H](O)[C@H]2O. The minimum atomic E-state index is -3.72. The Labute approximate surface area is 194 Å². The van der Waals surface area contributed by atoms with Gasteiger partial charge in [0.15, 0.2) is 5.79 Å². The van der Waals surface area contributed by atoms with Crippen molar-refractivity contribution < 1.29 is 54.5 Å². The molecule has 2 saturated heterocycles. The number of rotatable bonds is 9. The molecule has 11 heteroatoms. The second-order valence-corrected chi connectivity index (χ2v) is 8.93. The quantitative estimate of drug-likeness (QED) is 0.264. The van der Waals surface area contributed by atoms with Gasteiger partial charge >= 0.3 is 17.9 Å². The van der Waals surface area contributed by atoms with Crippen LogP contribution in [0.4, 0.5) is 0 Å². The van der Waals surface area contributed by atoms with Gasteiger partial charge in [-0.05, 0) is 31.2 Å². The van der Waals surface area contributed by atoms with Crippen molar-refractivity contribution >= 4 is 17.9 Å². The van der Waals surface area contributed by atoms with E-state index in [1.807, 2.05) is 43.3 Å². The van der Waals surface area contributed by atoms with Crippen LogP contribution in [0.2, 0.25) is 0 Å². The molecule has 1 aromatic rings. The van der Waals surface area contributed by atoms with Crippen LogP contribution in [0.1, 0.15) is 32.3 Å². The van der Waals surface area contributed by atoms with Crippen molar-refractivity contribution in [3.8, 4) is 0 Å². The highest BCUT2D eigenvalue weighted by atomic mass is 16.8. The molecule has 3 rings (SSSR count). The third-order valence-electron chi connectivity index (χ3n) is 6.47. The van der Waals surface area contributed by atoms with Crippen LogP contribution in [0, 0.1) is 5.92 Å². The number of benzene rings is 1. The van der Waals surface area contributed by atoms with E-state index in [2.05, 4.69) is 0 Å². The molecule has 7 atom stereocenters. The Morgan fingerprint density at radius 3 is 2.21 bits per heavy atom. The molecule has 0 aromatic heterocycles. The van der Waals surface area contributed by atoms with E-state index < -0.39 is 53.2 Å². The van der Waals surface area contributed by atoms with Crippen LogP contribution in [-0.2, 0) is 30.3 Å². The average molecular weight is 480 g/mol. The van der Waals surface area contributed by atoms with Gasteiger partial charge in [-0.25, -0.2) is 14.4 Å². The Kier molecular flexibility index (Phi) is 6.89. The molecule has 11 nitrogen and oxygen atoms in total. The molecule has 0 radical (unpaired) electrons. The number of carboxylic acid groups (broad SMARTS) is 3. The maximum atomic E-state index is 12.1. The number of carboxylic acids is 3. The third kappa shape index (κ3) is 3.89. The van der Waals surface area contributed by atoms with Gasteiger partial charge in [0.1, 0.15) is 12.2 Å². The van der Waals surface area contributed by atoms with Crippen LogP contribution in [0.25, 0.3) is 0 Å². The number of allylic oxidation sites excluding steroid dienone is 2. The molecule has 1 aromatic carbocycles. The monoisotopic (exact) mass is 480 g/mol. The molecule has 6 N–H and O–H groups in total. The van der Waals surface area contributed by atoms with Crippen molar-refractivity contribution in [2.75, 3.05) is 0 Å². The molecule has 2 bridgehead atoms. The molecular formula is C23H28O11. The number of fused-ring (bicyclic) bond motifs is 2. The lowest BCUT2D eigenvalue weighted by Gasteiger charge is -2.48. The van der Waals surface area contributed by atoms with E-state index in [0.29, 0.717) is 0 Å². The molecule has 0 saturated carbocycles. The predicted molar refractivity (Wildman–Crippen MR) is 114 cm³/mol. The van der Waals surface area contributed by atoms with Crippen molar-refractivity contribution in [1.82, 2.24) is 0 Å². The standard InChI is InChI=1S/C23H28O11/c1-12(10-13(2)11-14-6-4-3-5-7-14)8-9-21-15(24)16(25)23(34-21,20(30)31)22(32,19(28)29)17(33-21)18(26)27/h3-7,10,13,15-17,24-25,32H,8-9,11H2,1-2H3,(H,26,27)(H,28,29)(H,30,31)/b12-10+/t13-,15+,16+,17+,21-,22+,23-/m0/s1. The Bertz CT molecular complexity index is 992. The largest absolute Gasteiger partial charge is 0.479 e. The van der Waals surface area contributed by atoms with E-state index in [1.54, 1.807) is 6.92 Å². The lowest BCUT2D eigenvalue weighted by atomic mass is 9.74. The van der Waals surface area contributed by atoms with E-state index >= 15 is 0 Å². The van der Waals surface area contributed by atoms with Crippen LogP contribution >= 0.6 is 0 Å². The first-order chi connectivity index (χ1) is 15.8. The fraction of sp³-hybridized carbons (Fsp3) is 0.522. The first-order valence-electron chi connectivity index (χ1n) is 10.7. The lowest BCUT2D eigenvalue weighted by molar-refractivity contribution is -0.373. The summed E-state index contributed by atoms with van der Waals surface area (Å²) in [4.78, 5) is 35.7. The van der Waals surface area contributed by atoms with Gasteiger partial charge in [0.05, 0.1) is 0 Å². The van der Waals surface area contributed by atoms with E-state index in [-0.39, 0.29) is 18.8 Å². The summed E-state index contributed by atoms with van der Waals surface area (Å²) in [5.41, 5.74) is -5.20. The molecule has 2 heterocycles. The molecule has 2 aliphatic rings. The van der Waals surface area contributed by atoms with Crippen molar-refractivity contribution in [1.29, 1.82) is 0 Å². The first kappa shape index (κ1) is 25.8. The molecule has 2 fully saturated rings. The number of carbonyl (C=O) groups is 3. The van der Waals surface area contributed by atoms with Gasteiger partial charge in [-0.1, -0.05) is 48.9 Å². The molecule has 0 aliphatic carbocycles. The summed E-state index contributed by atoms with van der Waals surface area (Å²) in [7, 11) is 0. The zero-order chi connectivity index (χ0) is 25.5. The maximum Gasteiger partial charge on any atom is 0.343 e. The van der Waals surface area contributed by atoms with Gasteiger partial charge in [-0.3, -0.25) is 0 Å². The third-order valence-corrected chi connectivity index (χ3v) is 6.47. The molecule has 34 heavy (non-hydrogen) atoms. The average Bonchev–Trinajstić information content (AvgIpc) is 2.96. The Hall–Kier alpha value is -2.83. The summed E-state index contributed by atoms with van der Waals surface area (Å²) in [6, 6.07) is 9.73. The van der Waals surface area contributed by atoms with Gasteiger partial charge in [-0.15, -0.1) is 0 Å². The normalized spacial score (nSPS) is 36.1. The fourth-order valence-corrected chi connectivity index (χ4v) is 4.81. The highest BCUT2D eigenvalue weighted by Crippen LogP contribution is 2.54. The van der Waals surface area contributed by atoms with Crippen LogP contribution in [0.15, 0.2) is 42.0 Å². The second-order valence-electron chi connectivity index (χ2n) is 8.93. The Balaban J connectivity index is 1.89. The number of aliphatic hydroxyl groups excluding tert-OH is 2. The summed E-state index contributed by atoms with van der Waals surface area (Å²) < 4.78 is 10.6. The van der Waals surface area contributed by atoms with E-state index in [0.717, 1.165) is 17.6 Å². The predicted octanol–water partition coefficient (Wildman–Crippen LogP) is 0.163. The fourth-order valence-electron chi connectivity index (χ4n) is 4.81. The minimum absolute atomic E-state index is 0.106. The summed E-state index contributed by atoms with van der Waals surface area (Å²) in [5.74, 6) is -8.71. The molecule has 0 amide bonds. The first-order valence-corrected chi connectivity index (χ1v) is 10.7. The highest BCUT2D eigenvalue weighted by Gasteiger charge is 2.84. The Morgan fingerprint density at radius 1 is 1.06 bits per heavy atom. The van der Waals surface area contributed by atoms with Crippen molar-refractivity contribution in [3.05, 3.63) is 47.5 Å². The summed E-state index contributed by atoms with van der Waals surface area (Å²) in [6.45, 7) is 3.75. The summed E-state index contributed by atoms with van der Waals surface area (Å²) >= 11 is 0. The topological polar surface area (TPSA) is 191 Å². The van der Waals surface area contributed by atoms with Crippen LogP contribution in [0.3, 0.4) is 0 Å². The maximum absolute atomic E-state index is 12.1. The van der Waals surface area contributed by atoms with Crippen LogP contribution < -0.4 is 0 Å². The molecular weight excluding hydrogens is 452 g/mol. The van der Waals surface area contributed by atoms with Crippen molar-refractivity contribution in [2.45, 2.75) is 68.4 Å². The van der Waals surface area contributed by atoms with Gasteiger partial charge in [0.2, 0.25) is 17.3 Å². The number of aliphatic carboxylic acids is 3. The second kappa shape index (κ2) is 9.08. The van der Waals surface area contributed by atoms with Crippen molar-refractivity contribution in [2.24, 2.45) is 5.92 Å². The van der Waals surface area contributed by atoms with Crippen LogP contribution in [-0.4, -0.2) is 83.8 Å². The highest BCUT2D eigenvalue weighted by molar-refractivity contribution is 5.97. The zero-order valence-electron chi connectivity index (χ0n) is 18.6. The number of ether oxygens (including phenoxy) is 2. The molecule has 0 unspecified atom stereocenters. The number of aliphatic hydroxyl groups is 3. The van der Waals surface area contributed by atoms with Gasteiger partial charge in [-0.2, -0.15) is 0 Å². The van der Waals surface area contributed by atoms with E-state index in [4.69, 9.17) is 9.47 Å². The van der Waals surface area contributed by atoms with Gasteiger partial charge in [0.25, 0.3) is 0 Å². The smallest absolute Gasteiger partial charge is 0.343 e. The lowest BCUT2D eigenvalue weighted by Crippen LogP contribution is -2.77. The molecule has 2 aliphatic heterocycles.